The SMILES string of the molecule is CCc1nc([C@H]2CCCN(C(=O)c3nccn4ccnc34)C2)no1. The number of likely N-dealkylation sites (tertiary alicyclic amines) is 1. The molecule has 124 valence electrons. The molecule has 8 heteroatoms. The molecule has 1 saturated heterocycles. The summed E-state index contributed by atoms with van der Waals surface area (Å²) in [6.45, 7) is 3.26. The fourth-order valence-corrected chi connectivity index (χ4v) is 3.10. The topological polar surface area (TPSA) is 89.4 Å². The van der Waals surface area contributed by atoms with E-state index in [1.807, 2.05) is 11.8 Å². The highest BCUT2D eigenvalue weighted by atomic mass is 16.5. The van der Waals surface area contributed by atoms with Crippen LogP contribution in [0.1, 0.15) is 47.9 Å². The third-order valence-electron chi connectivity index (χ3n) is 4.37. The fraction of sp³-hybridized carbons (Fsp3) is 0.438. The van der Waals surface area contributed by atoms with Gasteiger partial charge in [0.25, 0.3) is 5.91 Å². The van der Waals surface area contributed by atoms with Gasteiger partial charge < -0.3 is 13.8 Å². The van der Waals surface area contributed by atoms with Crippen LogP contribution < -0.4 is 0 Å². The Bertz CT molecular complexity index is 870. The molecule has 1 amide bonds. The maximum atomic E-state index is 12.9. The summed E-state index contributed by atoms with van der Waals surface area (Å²) in [6.07, 6.45) is 9.45. The van der Waals surface area contributed by atoms with E-state index >= 15 is 0 Å². The van der Waals surface area contributed by atoms with Crippen LogP contribution in [0.25, 0.3) is 5.65 Å². The molecule has 0 radical (unpaired) electrons. The van der Waals surface area contributed by atoms with Gasteiger partial charge in [-0.1, -0.05) is 12.1 Å². The Hall–Kier alpha value is -2.77. The van der Waals surface area contributed by atoms with E-state index in [9.17, 15) is 4.79 Å². The highest BCUT2D eigenvalue weighted by molar-refractivity contribution is 5.97. The lowest BCUT2D eigenvalue weighted by Gasteiger charge is -2.31. The molecule has 0 bridgehead atoms. The number of imidazole rings is 1. The summed E-state index contributed by atoms with van der Waals surface area (Å²) in [5.74, 6) is 1.33. The lowest BCUT2D eigenvalue weighted by Crippen LogP contribution is -2.40. The van der Waals surface area contributed by atoms with E-state index < -0.39 is 0 Å². The number of aromatic nitrogens is 5. The van der Waals surface area contributed by atoms with Gasteiger partial charge >= 0.3 is 0 Å². The highest BCUT2D eigenvalue weighted by Crippen LogP contribution is 2.26. The van der Waals surface area contributed by atoms with Gasteiger partial charge in [0, 0.05) is 50.2 Å². The van der Waals surface area contributed by atoms with Crippen LogP contribution >= 0.6 is 0 Å². The maximum absolute atomic E-state index is 12.9. The number of fused-ring (bicyclic) bond motifs is 1. The number of amides is 1. The Morgan fingerprint density at radius 1 is 1.33 bits per heavy atom. The van der Waals surface area contributed by atoms with Crippen LogP contribution in [-0.4, -0.2) is 48.4 Å². The van der Waals surface area contributed by atoms with Gasteiger partial charge in [-0.2, -0.15) is 4.98 Å². The molecular weight excluding hydrogens is 308 g/mol. The number of hydrogen-bond donors (Lipinski definition) is 0. The number of nitrogens with zero attached hydrogens (tertiary/aromatic N) is 6. The van der Waals surface area contributed by atoms with Gasteiger partial charge in [-0.15, -0.1) is 0 Å². The summed E-state index contributed by atoms with van der Waals surface area (Å²) in [7, 11) is 0. The summed E-state index contributed by atoms with van der Waals surface area (Å²) in [5, 5.41) is 4.06. The maximum Gasteiger partial charge on any atom is 0.276 e. The predicted molar refractivity (Wildman–Crippen MR) is 84.5 cm³/mol. The molecular formula is C16H18N6O2. The van der Waals surface area contributed by atoms with E-state index in [2.05, 4.69) is 20.1 Å². The molecule has 0 spiro atoms. The van der Waals surface area contributed by atoms with Crippen LogP contribution in [-0.2, 0) is 6.42 Å². The molecule has 8 nitrogen and oxygen atoms in total. The first kappa shape index (κ1) is 14.8. The van der Waals surface area contributed by atoms with E-state index in [1.54, 1.807) is 29.2 Å². The molecule has 24 heavy (non-hydrogen) atoms. The standard InChI is InChI=1S/C16H18N6O2/c1-2-12-19-14(20-24-12)11-4-3-7-22(10-11)16(23)13-15-18-6-9-21(15)8-5-17-13/h5-6,8-9,11H,2-4,7,10H2,1H3/t11-/m0/s1. The third kappa shape index (κ3) is 2.53. The number of carbonyl (C=O) groups is 1. The normalized spacial score (nSPS) is 18.2. The number of hydrogen-bond acceptors (Lipinski definition) is 6. The summed E-state index contributed by atoms with van der Waals surface area (Å²) in [4.78, 5) is 27.6. The Labute approximate surface area is 138 Å². The number of carbonyl (C=O) groups excluding carboxylic acids is 1. The Balaban J connectivity index is 1.57. The van der Waals surface area contributed by atoms with Crippen molar-refractivity contribution in [2.24, 2.45) is 0 Å². The van der Waals surface area contributed by atoms with Crippen LogP contribution in [0, 0.1) is 0 Å². The lowest BCUT2D eigenvalue weighted by atomic mass is 9.97. The van der Waals surface area contributed by atoms with Crippen molar-refractivity contribution in [1.82, 2.24) is 29.4 Å². The first-order valence-electron chi connectivity index (χ1n) is 8.15. The number of rotatable bonds is 3. The van der Waals surface area contributed by atoms with Crippen molar-refractivity contribution in [3.8, 4) is 0 Å². The largest absolute Gasteiger partial charge is 0.339 e. The number of piperidine rings is 1. The van der Waals surface area contributed by atoms with Crippen molar-refractivity contribution in [2.75, 3.05) is 13.1 Å². The molecule has 4 heterocycles. The second-order valence-corrected chi connectivity index (χ2v) is 5.92. The molecule has 0 aliphatic carbocycles. The highest BCUT2D eigenvalue weighted by Gasteiger charge is 2.30. The first-order chi connectivity index (χ1) is 11.8. The zero-order valence-corrected chi connectivity index (χ0v) is 13.4. The zero-order valence-electron chi connectivity index (χ0n) is 13.4. The van der Waals surface area contributed by atoms with Gasteiger partial charge in [0.1, 0.15) is 0 Å². The zero-order chi connectivity index (χ0) is 16.5. The van der Waals surface area contributed by atoms with E-state index in [1.165, 1.54) is 0 Å². The fourth-order valence-electron chi connectivity index (χ4n) is 3.10. The van der Waals surface area contributed by atoms with Crippen LogP contribution in [0.4, 0.5) is 0 Å². The average Bonchev–Trinajstić information content (AvgIpc) is 3.30. The Kier molecular flexibility index (Phi) is 3.72. The van der Waals surface area contributed by atoms with Gasteiger partial charge in [0.15, 0.2) is 17.2 Å². The van der Waals surface area contributed by atoms with Crippen molar-refractivity contribution in [3.63, 3.8) is 0 Å². The van der Waals surface area contributed by atoms with E-state index in [0.717, 1.165) is 12.8 Å². The Morgan fingerprint density at radius 2 is 2.17 bits per heavy atom. The van der Waals surface area contributed by atoms with Crippen molar-refractivity contribution >= 4 is 11.6 Å². The second kappa shape index (κ2) is 6.03. The quantitative estimate of drug-likeness (QED) is 0.727. The van der Waals surface area contributed by atoms with Crippen molar-refractivity contribution in [3.05, 3.63) is 42.2 Å². The number of aryl methyl sites for hydroxylation is 1. The van der Waals surface area contributed by atoms with Gasteiger partial charge in [0.05, 0.1) is 0 Å². The molecule has 1 atom stereocenters. The van der Waals surface area contributed by atoms with Crippen LogP contribution in [0.3, 0.4) is 0 Å². The molecule has 0 aromatic carbocycles. The van der Waals surface area contributed by atoms with Crippen molar-refractivity contribution in [2.45, 2.75) is 32.1 Å². The minimum absolute atomic E-state index is 0.101. The summed E-state index contributed by atoms with van der Waals surface area (Å²) in [6, 6.07) is 0. The van der Waals surface area contributed by atoms with Crippen LogP contribution in [0.15, 0.2) is 29.3 Å². The molecule has 1 aliphatic heterocycles. The molecule has 0 unspecified atom stereocenters. The summed E-state index contributed by atoms with van der Waals surface area (Å²) in [5.41, 5.74) is 0.961. The molecule has 3 aromatic rings. The average molecular weight is 326 g/mol. The smallest absolute Gasteiger partial charge is 0.276 e. The van der Waals surface area contributed by atoms with E-state index in [0.29, 0.717) is 42.6 Å². The van der Waals surface area contributed by atoms with Crippen molar-refractivity contribution in [1.29, 1.82) is 0 Å². The third-order valence-corrected chi connectivity index (χ3v) is 4.37. The first-order valence-corrected chi connectivity index (χ1v) is 8.15. The van der Waals surface area contributed by atoms with E-state index in [4.69, 9.17) is 4.52 Å². The van der Waals surface area contributed by atoms with Gasteiger partial charge in [-0.3, -0.25) is 4.79 Å². The lowest BCUT2D eigenvalue weighted by molar-refractivity contribution is 0.0699. The van der Waals surface area contributed by atoms with E-state index in [-0.39, 0.29) is 11.8 Å². The molecule has 0 saturated carbocycles. The monoisotopic (exact) mass is 326 g/mol. The van der Waals surface area contributed by atoms with Gasteiger partial charge in [0.2, 0.25) is 5.89 Å². The molecule has 1 fully saturated rings. The molecule has 3 aromatic heterocycles. The molecule has 1 aliphatic rings. The summed E-state index contributed by atoms with van der Waals surface area (Å²) >= 11 is 0. The van der Waals surface area contributed by atoms with Crippen molar-refractivity contribution < 1.29 is 9.32 Å². The minimum atomic E-state index is -0.101. The predicted octanol–water partition coefficient (Wildman–Crippen LogP) is 1.69. The van der Waals surface area contributed by atoms with Gasteiger partial charge in [-0.05, 0) is 12.8 Å². The second-order valence-electron chi connectivity index (χ2n) is 5.92. The molecule has 4 rings (SSSR count). The summed E-state index contributed by atoms with van der Waals surface area (Å²) < 4.78 is 7.00. The van der Waals surface area contributed by atoms with Gasteiger partial charge in [-0.25, -0.2) is 9.97 Å². The minimum Gasteiger partial charge on any atom is -0.339 e. The Morgan fingerprint density at radius 3 is 2.96 bits per heavy atom. The van der Waals surface area contributed by atoms with Crippen LogP contribution in [0.5, 0.6) is 0 Å². The van der Waals surface area contributed by atoms with Crippen LogP contribution in [0.2, 0.25) is 0 Å². The molecule has 0 N–H and O–H groups in total.